The van der Waals surface area contributed by atoms with E-state index in [1.807, 2.05) is 44.2 Å². The van der Waals surface area contributed by atoms with Crippen LogP contribution in [-0.4, -0.2) is 43.1 Å². The number of hydrogen-bond acceptors (Lipinski definition) is 3. The van der Waals surface area contributed by atoms with E-state index >= 15 is 0 Å². The van der Waals surface area contributed by atoms with Crippen molar-refractivity contribution in [2.45, 2.75) is 19.9 Å². The average molecular weight is 510 g/mol. The highest BCUT2D eigenvalue weighted by Crippen LogP contribution is 2.19. The molecule has 0 unspecified atom stereocenters. The Morgan fingerprint density at radius 3 is 2.79 bits per heavy atom. The molecule has 0 fully saturated rings. The number of nitrogens with one attached hydrogen (secondary N) is 3. The summed E-state index contributed by atoms with van der Waals surface area (Å²) in [6.45, 7) is 4.09. The number of aromatic nitrogens is 2. The van der Waals surface area contributed by atoms with Crippen LogP contribution >= 0.6 is 24.0 Å². The number of nitrogens with zero attached hydrogens (tertiary/aromatic N) is 3. The number of hydrogen-bond donors (Lipinski definition) is 3. The van der Waals surface area contributed by atoms with Crippen molar-refractivity contribution in [2.24, 2.45) is 4.99 Å². The van der Waals surface area contributed by atoms with Crippen LogP contribution in [0.3, 0.4) is 0 Å². The minimum absolute atomic E-state index is 0. The van der Waals surface area contributed by atoms with Crippen molar-refractivity contribution in [3.8, 4) is 0 Å². The highest BCUT2D eigenvalue weighted by atomic mass is 127. The number of guanidine groups is 1. The van der Waals surface area contributed by atoms with Crippen LogP contribution in [0, 0.1) is 5.82 Å². The third kappa shape index (κ3) is 6.31. The van der Waals surface area contributed by atoms with E-state index in [1.54, 1.807) is 18.3 Å². The van der Waals surface area contributed by atoms with Crippen molar-refractivity contribution in [3.63, 3.8) is 0 Å². The summed E-state index contributed by atoms with van der Waals surface area (Å²) in [4.78, 5) is 14.2. The van der Waals surface area contributed by atoms with E-state index < -0.39 is 0 Å². The van der Waals surface area contributed by atoms with E-state index in [4.69, 9.17) is 0 Å². The standard InChI is InChI=1S/C21H27FN6.HI/c1-4-23-21(27-13-15-7-9-24-20(11-15)28(2)3)25-10-8-16-14-26-19-6-5-17(22)12-18(16)19;/h5-7,9,11-12,14,26H,4,8,10,13H2,1-3H3,(H2,23,25,27);1H. The molecule has 3 aromatic rings. The number of H-pyrrole nitrogens is 1. The van der Waals surface area contributed by atoms with Crippen LogP contribution in [0.5, 0.6) is 0 Å². The molecule has 0 spiro atoms. The van der Waals surface area contributed by atoms with Gasteiger partial charge in [0, 0.05) is 50.5 Å². The van der Waals surface area contributed by atoms with E-state index in [1.165, 1.54) is 6.07 Å². The highest BCUT2D eigenvalue weighted by molar-refractivity contribution is 14.0. The fraction of sp³-hybridized carbons (Fsp3) is 0.333. The molecule has 156 valence electrons. The second-order valence-electron chi connectivity index (χ2n) is 6.79. The predicted octanol–water partition coefficient (Wildman–Crippen LogP) is 3.68. The Bertz CT molecular complexity index is 953. The van der Waals surface area contributed by atoms with Gasteiger partial charge in [-0.2, -0.15) is 0 Å². The Kier molecular flexibility index (Phi) is 8.69. The van der Waals surface area contributed by atoms with Crippen molar-refractivity contribution in [2.75, 3.05) is 32.1 Å². The largest absolute Gasteiger partial charge is 0.363 e. The molecule has 0 amide bonds. The SMILES string of the molecule is CCNC(=NCc1ccnc(N(C)C)c1)NCCc1c[nH]c2ccc(F)cc12.I. The van der Waals surface area contributed by atoms with Crippen LogP contribution in [0.1, 0.15) is 18.1 Å². The first-order valence-corrected chi connectivity index (χ1v) is 9.46. The molecule has 0 atom stereocenters. The van der Waals surface area contributed by atoms with E-state index in [0.29, 0.717) is 13.1 Å². The van der Waals surface area contributed by atoms with Crippen molar-refractivity contribution in [3.05, 3.63) is 59.7 Å². The van der Waals surface area contributed by atoms with Gasteiger partial charge in [0.05, 0.1) is 6.54 Å². The third-order valence-corrected chi connectivity index (χ3v) is 4.45. The van der Waals surface area contributed by atoms with Gasteiger partial charge in [0.15, 0.2) is 5.96 Å². The lowest BCUT2D eigenvalue weighted by Crippen LogP contribution is -2.38. The molecule has 0 aliphatic carbocycles. The summed E-state index contributed by atoms with van der Waals surface area (Å²) in [6.07, 6.45) is 4.51. The minimum Gasteiger partial charge on any atom is -0.363 e. The number of aromatic amines is 1. The van der Waals surface area contributed by atoms with Gasteiger partial charge in [0.1, 0.15) is 11.6 Å². The molecule has 0 saturated heterocycles. The zero-order valence-corrected chi connectivity index (χ0v) is 19.3. The maximum absolute atomic E-state index is 13.5. The monoisotopic (exact) mass is 510 g/mol. The minimum atomic E-state index is -0.217. The Morgan fingerprint density at radius 2 is 2.03 bits per heavy atom. The lowest BCUT2D eigenvalue weighted by Gasteiger charge is -2.13. The molecule has 3 rings (SSSR count). The maximum Gasteiger partial charge on any atom is 0.191 e. The van der Waals surface area contributed by atoms with Gasteiger partial charge in [-0.25, -0.2) is 14.4 Å². The summed E-state index contributed by atoms with van der Waals surface area (Å²) >= 11 is 0. The van der Waals surface area contributed by atoms with Gasteiger partial charge >= 0.3 is 0 Å². The number of benzene rings is 1. The van der Waals surface area contributed by atoms with Gasteiger partial charge in [0.2, 0.25) is 0 Å². The highest BCUT2D eigenvalue weighted by Gasteiger charge is 2.06. The van der Waals surface area contributed by atoms with E-state index in [2.05, 4.69) is 25.6 Å². The van der Waals surface area contributed by atoms with Crippen molar-refractivity contribution in [1.29, 1.82) is 0 Å². The van der Waals surface area contributed by atoms with E-state index in [-0.39, 0.29) is 29.8 Å². The van der Waals surface area contributed by atoms with Crippen LogP contribution < -0.4 is 15.5 Å². The topological polar surface area (TPSA) is 68.3 Å². The van der Waals surface area contributed by atoms with E-state index in [9.17, 15) is 4.39 Å². The molecule has 29 heavy (non-hydrogen) atoms. The fourth-order valence-corrected chi connectivity index (χ4v) is 2.99. The lowest BCUT2D eigenvalue weighted by molar-refractivity contribution is 0.629. The van der Waals surface area contributed by atoms with Crippen LogP contribution in [0.4, 0.5) is 10.2 Å². The molecule has 0 aliphatic rings. The quantitative estimate of drug-likeness (QED) is 0.258. The molecule has 0 bridgehead atoms. The van der Waals surface area contributed by atoms with Gasteiger partial charge in [0.25, 0.3) is 0 Å². The second kappa shape index (κ2) is 11.0. The predicted molar refractivity (Wildman–Crippen MR) is 129 cm³/mol. The van der Waals surface area contributed by atoms with Gasteiger partial charge in [-0.05, 0) is 54.8 Å². The van der Waals surface area contributed by atoms with Crippen LogP contribution in [0.25, 0.3) is 10.9 Å². The second-order valence-corrected chi connectivity index (χ2v) is 6.79. The first kappa shape index (κ1) is 22.9. The fourth-order valence-electron chi connectivity index (χ4n) is 2.99. The zero-order valence-electron chi connectivity index (χ0n) is 17.0. The molecule has 0 saturated carbocycles. The number of fused-ring (bicyclic) bond motifs is 1. The smallest absolute Gasteiger partial charge is 0.191 e. The summed E-state index contributed by atoms with van der Waals surface area (Å²) in [5.74, 6) is 1.46. The summed E-state index contributed by atoms with van der Waals surface area (Å²) in [6, 6.07) is 8.82. The molecule has 1 aromatic carbocycles. The van der Waals surface area contributed by atoms with Gasteiger partial charge < -0.3 is 20.5 Å². The first-order chi connectivity index (χ1) is 13.6. The molecule has 2 aromatic heterocycles. The van der Waals surface area contributed by atoms with Crippen molar-refractivity contribution >= 4 is 46.7 Å². The molecule has 2 heterocycles. The Labute approximate surface area is 188 Å². The van der Waals surface area contributed by atoms with Gasteiger partial charge in [-0.15, -0.1) is 24.0 Å². The Morgan fingerprint density at radius 1 is 1.21 bits per heavy atom. The van der Waals surface area contributed by atoms with Gasteiger partial charge in [-0.1, -0.05) is 0 Å². The van der Waals surface area contributed by atoms with Crippen LogP contribution in [-0.2, 0) is 13.0 Å². The number of anilines is 1. The molecule has 8 heteroatoms. The Hall–Kier alpha value is -2.36. The molecular weight excluding hydrogens is 482 g/mol. The van der Waals surface area contributed by atoms with Crippen LogP contribution in [0.2, 0.25) is 0 Å². The zero-order chi connectivity index (χ0) is 19.9. The van der Waals surface area contributed by atoms with Crippen LogP contribution in [0.15, 0.2) is 47.7 Å². The average Bonchev–Trinajstić information content (AvgIpc) is 3.08. The Balaban J connectivity index is 0.00000300. The summed E-state index contributed by atoms with van der Waals surface area (Å²) in [5, 5.41) is 7.54. The molecule has 3 N–H and O–H groups in total. The molecular formula is C21H28FIN6. The summed E-state index contributed by atoms with van der Waals surface area (Å²) < 4.78 is 13.5. The normalized spacial score (nSPS) is 11.2. The molecule has 0 aliphatic heterocycles. The van der Waals surface area contributed by atoms with E-state index in [0.717, 1.165) is 46.8 Å². The third-order valence-electron chi connectivity index (χ3n) is 4.45. The number of halogens is 2. The van der Waals surface area contributed by atoms with Crippen molar-refractivity contribution in [1.82, 2.24) is 20.6 Å². The molecule has 0 radical (unpaired) electrons. The van der Waals surface area contributed by atoms with Gasteiger partial charge in [-0.3, -0.25) is 0 Å². The first-order valence-electron chi connectivity index (χ1n) is 9.46. The molecule has 6 nitrogen and oxygen atoms in total. The lowest BCUT2D eigenvalue weighted by atomic mass is 10.1. The number of pyridine rings is 1. The summed E-state index contributed by atoms with van der Waals surface area (Å²) in [7, 11) is 3.94. The maximum atomic E-state index is 13.5. The number of rotatable bonds is 7. The number of aliphatic imine (C=N–C) groups is 1. The van der Waals surface area contributed by atoms with Crippen molar-refractivity contribution < 1.29 is 4.39 Å². The summed E-state index contributed by atoms with van der Waals surface area (Å²) in [5.41, 5.74) is 3.14.